The van der Waals surface area contributed by atoms with Crippen LogP contribution < -0.4 is 5.11 Å². The fourth-order valence-electron chi connectivity index (χ4n) is 1.42. The molecule has 0 radical (unpaired) electrons. The summed E-state index contributed by atoms with van der Waals surface area (Å²) in [6.07, 6.45) is 1.47. The molecule has 2 rings (SSSR count). The smallest absolute Gasteiger partial charge is 0.335 e. The van der Waals surface area contributed by atoms with Crippen molar-refractivity contribution in [2.24, 2.45) is 4.99 Å². The lowest BCUT2D eigenvalue weighted by molar-refractivity contribution is -0.268. The summed E-state index contributed by atoms with van der Waals surface area (Å²) < 4.78 is 0. The molecule has 90 valence electrons. The molecule has 0 amide bonds. The van der Waals surface area contributed by atoms with E-state index in [1.54, 1.807) is 30.3 Å². The van der Waals surface area contributed by atoms with Crippen molar-refractivity contribution in [1.29, 1.82) is 0 Å². The molecule has 1 N–H and O–H groups in total. The van der Waals surface area contributed by atoms with E-state index >= 15 is 0 Å². The number of aliphatic imine (C=N–C) groups is 1. The van der Waals surface area contributed by atoms with Gasteiger partial charge in [0.25, 0.3) is 0 Å². The molecule has 2 aromatic carbocycles. The summed E-state index contributed by atoms with van der Waals surface area (Å²) in [4.78, 5) is 14.8. The molecule has 2 aromatic rings. The Morgan fingerprint density at radius 1 is 1.11 bits per heavy atom. The van der Waals surface area contributed by atoms with Gasteiger partial charge >= 0.3 is 5.97 Å². The summed E-state index contributed by atoms with van der Waals surface area (Å²) in [6, 6.07) is 12.7. The zero-order chi connectivity index (χ0) is 13.0. The summed E-state index contributed by atoms with van der Waals surface area (Å²) in [5.74, 6) is -1.07. The van der Waals surface area contributed by atoms with Crippen LogP contribution in [0.25, 0.3) is 0 Å². The summed E-state index contributed by atoms with van der Waals surface area (Å²) >= 11 is 0. The van der Waals surface area contributed by atoms with E-state index in [0.29, 0.717) is 11.3 Å². The van der Waals surface area contributed by atoms with Crippen molar-refractivity contribution in [3.05, 3.63) is 59.7 Å². The molecule has 0 bridgehead atoms. The third-order valence-electron chi connectivity index (χ3n) is 2.39. The molecule has 0 unspecified atom stereocenters. The van der Waals surface area contributed by atoms with Gasteiger partial charge < -0.3 is 10.2 Å². The molecule has 0 aromatic heterocycles. The van der Waals surface area contributed by atoms with E-state index in [-0.39, 0.29) is 11.3 Å². The highest BCUT2D eigenvalue weighted by Gasteiger charge is 2.00. The molecule has 0 saturated heterocycles. The van der Waals surface area contributed by atoms with Crippen molar-refractivity contribution in [1.82, 2.24) is 0 Å². The van der Waals surface area contributed by atoms with E-state index in [1.807, 2.05) is 0 Å². The molecular weight excluding hydrogens is 230 g/mol. The van der Waals surface area contributed by atoms with Crippen LogP contribution in [0, 0.1) is 0 Å². The van der Waals surface area contributed by atoms with Gasteiger partial charge in [0, 0.05) is 6.21 Å². The van der Waals surface area contributed by atoms with Crippen molar-refractivity contribution in [3.8, 4) is 5.75 Å². The van der Waals surface area contributed by atoms with Crippen molar-refractivity contribution >= 4 is 17.9 Å². The largest absolute Gasteiger partial charge is 0.872 e. The molecule has 0 fully saturated rings. The first-order chi connectivity index (χ1) is 8.66. The highest BCUT2D eigenvalue weighted by molar-refractivity contribution is 5.88. The SMILES string of the molecule is O=C(O)c1ccc(N=Cc2ccccc2[O-])cc1. The number of benzene rings is 2. The second-order valence-corrected chi connectivity index (χ2v) is 3.65. The van der Waals surface area contributed by atoms with E-state index in [0.717, 1.165) is 0 Å². The lowest BCUT2D eigenvalue weighted by atomic mass is 10.2. The number of aromatic carboxylic acids is 1. The number of carbonyl (C=O) groups is 1. The fraction of sp³-hybridized carbons (Fsp3) is 0. The lowest BCUT2D eigenvalue weighted by Gasteiger charge is -2.07. The molecule has 0 atom stereocenters. The number of carboxylic acids is 1. The van der Waals surface area contributed by atoms with Crippen LogP contribution in [0.2, 0.25) is 0 Å². The fourth-order valence-corrected chi connectivity index (χ4v) is 1.42. The molecule has 0 aliphatic heterocycles. The average molecular weight is 240 g/mol. The molecule has 0 spiro atoms. The maximum absolute atomic E-state index is 11.4. The molecule has 0 aliphatic carbocycles. The Balaban J connectivity index is 2.19. The Hall–Kier alpha value is -2.62. The predicted octanol–water partition coefficient (Wildman–Crippen LogP) is 2.21. The standard InChI is InChI=1S/C14H11NO3/c16-13-4-2-1-3-11(13)9-15-12-7-5-10(6-8-12)14(17)18/h1-9,16H,(H,17,18)/p-1. The quantitative estimate of drug-likeness (QED) is 0.836. The van der Waals surface area contributed by atoms with Crippen LogP contribution in [0.1, 0.15) is 15.9 Å². The molecule has 0 heterocycles. The maximum Gasteiger partial charge on any atom is 0.335 e. The van der Waals surface area contributed by atoms with E-state index in [2.05, 4.69) is 4.99 Å². The van der Waals surface area contributed by atoms with Crippen molar-refractivity contribution < 1.29 is 15.0 Å². The second kappa shape index (κ2) is 5.14. The van der Waals surface area contributed by atoms with E-state index in [4.69, 9.17) is 5.11 Å². The third kappa shape index (κ3) is 2.74. The number of hydrogen-bond acceptors (Lipinski definition) is 3. The zero-order valence-corrected chi connectivity index (χ0v) is 9.41. The monoisotopic (exact) mass is 240 g/mol. The van der Waals surface area contributed by atoms with Crippen LogP contribution in [0.15, 0.2) is 53.5 Å². The number of carboxylic acid groups (broad SMARTS) is 1. The number of hydrogen-bond donors (Lipinski definition) is 1. The minimum absolute atomic E-state index is 0.0941. The average Bonchev–Trinajstić information content (AvgIpc) is 2.38. The molecule has 18 heavy (non-hydrogen) atoms. The van der Waals surface area contributed by atoms with Gasteiger partial charge in [0.15, 0.2) is 0 Å². The van der Waals surface area contributed by atoms with Gasteiger partial charge in [0.1, 0.15) is 0 Å². The van der Waals surface area contributed by atoms with Gasteiger partial charge in [-0.2, -0.15) is 0 Å². The van der Waals surface area contributed by atoms with Crippen LogP contribution in [-0.2, 0) is 0 Å². The normalized spacial score (nSPS) is 10.7. The highest BCUT2D eigenvalue weighted by Crippen LogP contribution is 2.15. The summed E-state index contributed by atoms with van der Waals surface area (Å²) in [5, 5.41) is 20.2. The zero-order valence-electron chi connectivity index (χ0n) is 9.41. The van der Waals surface area contributed by atoms with Crippen LogP contribution >= 0.6 is 0 Å². The Morgan fingerprint density at radius 2 is 1.78 bits per heavy atom. The van der Waals surface area contributed by atoms with Crippen LogP contribution in [-0.4, -0.2) is 17.3 Å². The topological polar surface area (TPSA) is 72.7 Å². The molecular formula is C14H10NO3-. The van der Waals surface area contributed by atoms with Gasteiger partial charge in [-0.15, -0.1) is 5.75 Å². The summed E-state index contributed by atoms with van der Waals surface area (Å²) in [7, 11) is 0. The number of nitrogens with zero attached hydrogens (tertiary/aromatic N) is 1. The van der Waals surface area contributed by atoms with Crippen molar-refractivity contribution in [2.75, 3.05) is 0 Å². The Morgan fingerprint density at radius 3 is 2.39 bits per heavy atom. The third-order valence-corrected chi connectivity index (χ3v) is 2.39. The highest BCUT2D eigenvalue weighted by atomic mass is 16.4. The van der Waals surface area contributed by atoms with Gasteiger partial charge in [0.05, 0.1) is 11.3 Å². The van der Waals surface area contributed by atoms with E-state index in [9.17, 15) is 9.90 Å². The van der Waals surface area contributed by atoms with Crippen LogP contribution in [0.3, 0.4) is 0 Å². The number of rotatable bonds is 3. The van der Waals surface area contributed by atoms with Crippen LogP contribution in [0.5, 0.6) is 5.75 Å². The predicted molar refractivity (Wildman–Crippen MR) is 66.5 cm³/mol. The number of para-hydroxylation sites is 1. The maximum atomic E-state index is 11.4. The minimum Gasteiger partial charge on any atom is -0.872 e. The first-order valence-corrected chi connectivity index (χ1v) is 5.30. The minimum atomic E-state index is -0.976. The molecule has 4 heteroatoms. The first-order valence-electron chi connectivity index (χ1n) is 5.30. The van der Waals surface area contributed by atoms with Gasteiger partial charge in [-0.3, -0.25) is 4.99 Å². The summed E-state index contributed by atoms with van der Waals surface area (Å²) in [6.45, 7) is 0. The van der Waals surface area contributed by atoms with E-state index in [1.165, 1.54) is 24.4 Å². The van der Waals surface area contributed by atoms with Gasteiger partial charge in [0.2, 0.25) is 0 Å². The molecule has 4 nitrogen and oxygen atoms in total. The Bertz CT molecular complexity index is 588. The van der Waals surface area contributed by atoms with Gasteiger partial charge in [-0.25, -0.2) is 4.79 Å². The second-order valence-electron chi connectivity index (χ2n) is 3.65. The van der Waals surface area contributed by atoms with Gasteiger partial charge in [-0.05, 0) is 29.8 Å². The Labute approximate surface area is 104 Å². The van der Waals surface area contributed by atoms with Crippen LogP contribution in [0.4, 0.5) is 5.69 Å². The molecule has 0 aliphatic rings. The molecule has 0 saturated carbocycles. The first kappa shape index (κ1) is 11.9. The van der Waals surface area contributed by atoms with Crippen molar-refractivity contribution in [2.45, 2.75) is 0 Å². The summed E-state index contributed by atoms with van der Waals surface area (Å²) in [5.41, 5.74) is 1.31. The van der Waals surface area contributed by atoms with E-state index < -0.39 is 5.97 Å². The van der Waals surface area contributed by atoms with Gasteiger partial charge in [-0.1, -0.05) is 24.3 Å². The lowest BCUT2D eigenvalue weighted by Crippen LogP contribution is -1.95. The van der Waals surface area contributed by atoms with Crippen molar-refractivity contribution in [3.63, 3.8) is 0 Å². The Kier molecular flexibility index (Phi) is 3.38.